The van der Waals surface area contributed by atoms with Gasteiger partial charge in [0.1, 0.15) is 0 Å². The molecule has 70 valence electrons. The number of hydrogen-bond donors (Lipinski definition) is 1. The molecule has 0 rings (SSSR count). The Kier molecular flexibility index (Phi) is 7.28. The highest BCUT2D eigenvalue weighted by atomic mass is 35.5. The van der Waals surface area contributed by atoms with E-state index in [4.69, 9.17) is 0 Å². The summed E-state index contributed by atoms with van der Waals surface area (Å²) in [6.07, 6.45) is -0.222. The highest BCUT2D eigenvalue weighted by Crippen LogP contribution is 2.09. The van der Waals surface area contributed by atoms with Crippen molar-refractivity contribution >= 4 is 0 Å². The summed E-state index contributed by atoms with van der Waals surface area (Å²) in [5.74, 6) is 0. The fourth-order valence-corrected chi connectivity index (χ4v) is 1.46. The summed E-state index contributed by atoms with van der Waals surface area (Å²) in [6.45, 7) is 11.3. The zero-order valence-electron chi connectivity index (χ0n) is 7.97. The zero-order chi connectivity index (χ0) is 8.20. The van der Waals surface area contributed by atoms with Crippen LogP contribution in [0.15, 0.2) is 0 Å². The molecule has 0 aromatic heterocycles. The Morgan fingerprint density at radius 2 is 1.36 bits per heavy atom. The largest absolute Gasteiger partial charge is 1.00 e. The van der Waals surface area contributed by atoms with Crippen molar-refractivity contribution in [2.75, 3.05) is 19.6 Å². The highest BCUT2D eigenvalue weighted by molar-refractivity contribution is 4.36. The van der Waals surface area contributed by atoms with Crippen molar-refractivity contribution in [2.24, 2.45) is 0 Å². The second-order valence-electron chi connectivity index (χ2n) is 2.80. The Labute approximate surface area is 76.2 Å². The lowest BCUT2D eigenvalue weighted by molar-refractivity contribution is -0.964. The summed E-state index contributed by atoms with van der Waals surface area (Å²) in [5.41, 5.74) is 0. The van der Waals surface area contributed by atoms with E-state index in [9.17, 15) is 5.11 Å². The Balaban J connectivity index is 0. The van der Waals surface area contributed by atoms with Gasteiger partial charge < -0.3 is 17.5 Å². The molecule has 0 aliphatic carbocycles. The summed E-state index contributed by atoms with van der Waals surface area (Å²) in [4.78, 5) is 0. The molecule has 0 aliphatic heterocycles. The second-order valence-corrected chi connectivity index (χ2v) is 2.80. The lowest BCUT2D eigenvalue weighted by Crippen LogP contribution is -3.00. The number of aliphatic hydroxyl groups is 1. The lowest BCUT2D eigenvalue weighted by Gasteiger charge is -2.38. The van der Waals surface area contributed by atoms with E-state index in [1.165, 1.54) is 0 Å². The number of quaternary nitrogens is 1. The van der Waals surface area contributed by atoms with Gasteiger partial charge in [0.05, 0.1) is 19.6 Å². The predicted molar refractivity (Wildman–Crippen MR) is 43.6 cm³/mol. The van der Waals surface area contributed by atoms with Gasteiger partial charge in [0, 0.05) is 6.92 Å². The van der Waals surface area contributed by atoms with Gasteiger partial charge in [0.15, 0.2) is 6.23 Å². The van der Waals surface area contributed by atoms with Crippen LogP contribution in [-0.2, 0) is 0 Å². The molecule has 0 fully saturated rings. The molecule has 1 atom stereocenters. The van der Waals surface area contributed by atoms with E-state index < -0.39 is 0 Å². The highest BCUT2D eigenvalue weighted by Gasteiger charge is 2.25. The third kappa shape index (κ3) is 2.97. The van der Waals surface area contributed by atoms with Gasteiger partial charge in [-0.3, -0.25) is 4.48 Å². The summed E-state index contributed by atoms with van der Waals surface area (Å²) in [7, 11) is 0. The van der Waals surface area contributed by atoms with Crippen molar-refractivity contribution in [2.45, 2.75) is 33.9 Å². The minimum atomic E-state index is -0.222. The van der Waals surface area contributed by atoms with Crippen LogP contribution in [-0.4, -0.2) is 35.5 Å². The molecule has 0 bridgehead atoms. The van der Waals surface area contributed by atoms with Crippen LogP contribution in [0.1, 0.15) is 27.7 Å². The normalized spacial score (nSPS) is 13.9. The molecule has 1 N–H and O–H groups in total. The van der Waals surface area contributed by atoms with Crippen molar-refractivity contribution in [3.8, 4) is 0 Å². The maximum absolute atomic E-state index is 9.43. The first-order valence-corrected chi connectivity index (χ1v) is 4.16. The standard InChI is InChI=1S/C8H20NO.ClH/c1-5-9(6-2,7-3)8(4)10;/h8,10H,5-7H2,1-4H3;1H/q+1;/p-1. The summed E-state index contributed by atoms with van der Waals surface area (Å²) in [6, 6.07) is 0. The third-order valence-electron chi connectivity index (χ3n) is 2.68. The minimum absolute atomic E-state index is 0. The van der Waals surface area contributed by atoms with E-state index in [0.29, 0.717) is 0 Å². The van der Waals surface area contributed by atoms with Crippen LogP contribution in [0.25, 0.3) is 0 Å². The lowest BCUT2D eigenvalue weighted by atomic mass is 10.3. The molecule has 0 saturated heterocycles. The Morgan fingerprint density at radius 1 is 1.09 bits per heavy atom. The number of aliphatic hydroxyl groups excluding tert-OH is 1. The molecular weight excluding hydrogens is 162 g/mol. The summed E-state index contributed by atoms with van der Waals surface area (Å²) >= 11 is 0. The number of nitrogens with zero attached hydrogens (tertiary/aromatic N) is 1. The molecule has 2 nitrogen and oxygen atoms in total. The number of hydrogen-bond acceptors (Lipinski definition) is 1. The molecule has 11 heavy (non-hydrogen) atoms. The van der Waals surface area contributed by atoms with Gasteiger partial charge in [-0.05, 0) is 20.8 Å². The maximum atomic E-state index is 9.43. The van der Waals surface area contributed by atoms with Crippen molar-refractivity contribution in [3.63, 3.8) is 0 Å². The van der Waals surface area contributed by atoms with Crippen LogP contribution in [0, 0.1) is 0 Å². The number of halogens is 1. The van der Waals surface area contributed by atoms with Crippen LogP contribution in [0.5, 0.6) is 0 Å². The molecule has 0 heterocycles. The first kappa shape index (κ1) is 13.8. The Hall–Kier alpha value is 0.210. The topological polar surface area (TPSA) is 20.2 Å². The summed E-state index contributed by atoms with van der Waals surface area (Å²) in [5, 5.41) is 9.43. The smallest absolute Gasteiger partial charge is 0.187 e. The molecule has 0 radical (unpaired) electrons. The SMILES string of the molecule is CC[N+](CC)(CC)C(C)O.[Cl-]. The van der Waals surface area contributed by atoms with Gasteiger partial charge in [-0.25, -0.2) is 0 Å². The average Bonchev–Trinajstić information content (AvgIpc) is 1.92. The number of rotatable bonds is 4. The van der Waals surface area contributed by atoms with Crippen molar-refractivity contribution < 1.29 is 22.0 Å². The molecule has 0 aromatic carbocycles. The third-order valence-corrected chi connectivity index (χ3v) is 2.68. The molecule has 0 aromatic rings. The first-order chi connectivity index (χ1) is 4.63. The molecule has 0 amide bonds. The molecule has 0 spiro atoms. The fourth-order valence-electron chi connectivity index (χ4n) is 1.46. The quantitative estimate of drug-likeness (QED) is 0.401. The van der Waals surface area contributed by atoms with E-state index in [1.807, 2.05) is 6.92 Å². The molecule has 1 unspecified atom stereocenters. The summed E-state index contributed by atoms with van der Waals surface area (Å²) < 4.78 is 0.819. The van der Waals surface area contributed by atoms with E-state index >= 15 is 0 Å². The molecule has 3 heteroatoms. The van der Waals surface area contributed by atoms with Gasteiger partial charge in [-0.15, -0.1) is 0 Å². The second kappa shape index (κ2) is 5.81. The van der Waals surface area contributed by atoms with Crippen molar-refractivity contribution in [1.82, 2.24) is 0 Å². The van der Waals surface area contributed by atoms with Gasteiger partial charge in [-0.1, -0.05) is 0 Å². The first-order valence-electron chi connectivity index (χ1n) is 4.16. The predicted octanol–water partition coefficient (Wildman–Crippen LogP) is -1.79. The molecule has 0 aliphatic rings. The van der Waals surface area contributed by atoms with Crippen LogP contribution < -0.4 is 12.4 Å². The Morgan fingerprint density at radius 3 is 1.36 bits per heavy atom. The van der Waals surface area contributed by atoms with E-state index in [-0.39, 0.29) is 18.6 Å². The Bertz CT molecular complexity index is 83.8. The van der Waals surface area contributed by atoms with Gasteiger partial charge in [0.25, 0.3) is 0 Å². The average molecular weight is 182 g/mol. The molecular formula is C8H20ClNO. The van der Waals surface area contributed by atoms with E-state index in [2.05, 4.69) is 20.8 Å². The van der Waals surface area contributed by atoms with Crippen LogP contribution in [0.4, 0.5) is 0 Å². The monoisotopic (exact) mass is 181 g/mol. The van der Waals surface area contributed by atoms with Gasteiger partial charge >= 0.3 is 0 Å². The van der Waals surface area contributed by atoms with E-state index in [1.54, 1.807) is 0 Å². The van der Waals surface area contributed by atoms with Gasteiger partial charge in [-0.2, -0.15) is 0 Å². The van der Waals surface area contributed by atoms with Gasteiger partial charge in [0.2, 0.25) is 0 Å². The van der Waals surface area contributed by atoms with Crippen LogP contribution >= 0.6 is 0 Å². The van der Waals surface area contributed by atoms with Crippen molar-refractivity contribution in [3.05, 3.63) is 0 Å². The van der Waals surface area contributed by atoms with Crippen LogP contribution in [0.2, 0.25) is 0 Å². The maximum Gasteiger partial charge on any atom is 0.187 e. The zero-order valence-corrected chi connectivity index (χ0v) is 8.73. The van der Waals surface area contributed by atoms with Crippen LogP contribution in [0.3, 0.4) is 0 Å². The minimum Gasteiger partial charge on any atom is -1.00 e. The molecule has 0 saturated carbocycles. The van der Waals surface area contributed by atoms with Crippen molar-refractivity contribution in [1.29, 1.82) is 0 Å². The fraction of sp³-hybridized carbons (Fsp3) is 1.00. The van der Waals surface area contributed by atoms with E-state index in [0.717, 1.165) is 24.1 Å².